The minimum Gasteiger partial charge on any atom is -0.382 e. The molecule has 4 aromatic rings. The molecule has 4 heterocycles. The molecule has 0 amide bonds. The standard InChI is InChI=1S/C25H25ClF2N6/c1-25(2)6-3-8-34(25)9-7-29-15-10-23-22(30-13-15)5-4-21(32-23)17-14-31-33-24(17)16-11-18(26)20(28)12-19(16)27/h4-5,10-14,29H,3,6-9H2,1-2H3,(H,31,33). The van der Waals surface area contributed by atoms with Crippen LogP contribution in [-0.2, 0) is 0 Å². The summed E-state index contributed by atoms with van der Waals surface area (Å²) >= 11 is 5.88. The van der Waals surface area contributed by atoms with Crippen LogP contribution in [0.5, 0.6) is 0 Å². The van der Waals surface area contributed by atoms with Crippen LogP contribution in [0.3, 0.4) is 0 Å². The summed E-state index contributed by atoms with van der Waals surface area (Å²) in [6, 6.07) is 7.61. The summed E-state index contributed by atoms with van der Waals surface area (Å²) in [6.07, 6.45) is 5.90. The number of hydrogen-bond donors (Lipinski definition) is 2. The lowest BCUT2D eigenvalue weighted by molar-refractivity contribution is 0.182. The normalized spacial score (nSPS) is 15.8. The number of likely N-dealkylation sites (tertiary alicyclic amines) is 1. The topological polar surface area (TPSA) is 69.7 Å². The van der Waals surface area contributed by atoms with E-state index in [9.17, 15) is 8.78 Å². The van der Waals surface area contributed by atoms with Crippen molar-refractivity contribution in [1.82, 2.24) is 25.1 Å². The van der Waals surface area contributed by atoms with E-state index < -0.39 is 11.6 Å². The summed E-state index contributed by atoms with van der Waals surface area (Å²) in [7, 11) is 0. The minimum atomic E-state index is -0.816. The van der Waals surface area contributed by atoms with Crippen molar-refractivity contribution in [2.24, 2.45) is 0 Å². The molecule has 0 aliphatic carbocycles. The first kappa shape index (κ1) is 22.7. The van der Waals surface area contributed by atoms with Gasteiger partial charge in [-0.1, -0.05) is 11.6 Å². The van der Waals surface area contributed by atoms with Crippen LogP contribution in [0.15, 0.2) is 42.7 Å². The quantitative estimate of drug-likeness (QED) is 0.334. The van der Waals surface area contributed by atoms with Gasteiger partial charge in [-0.25, -0.2) is 13.8 Å². The third-order valence-corrected chi connectivity index (χ3v) is 6.79. The van der Waals surface area contributed by atoms with E-state index in [0.29, 0.717) is 22.5 Å². The van der Waals surface area contributed by atoms with Crippen LogP contribution in [0.4, 0.5) is 14.5 Å². The maximum absolute atomic E-state index is 14.5. The monoisotopic (exact) mass is 482 g/mol. The van der Waals surface area contributed by atoms with Crippen molar-refractivity contribution >= 4 is 28.3 Å². The van der Waals surface area contributed by atoms with Gasteiger partial charge in [-0.2, -0.15) is 5.10 Å². The second-order valence-electron chi connectivity index (χ2n) is 9.18. The molecular formula is C25H25ClF2N6. The molecule has 0 spiro atoms. The van der Waals surface area contributed by atoms with Crippen molar-refractivity contribution in [1.29, 1.82) is 0 Å². The van der Waals surface area contributed by atoms with Crippen molar-refractivity contribution in [3.05, 3.63) is 59.4 Å². The Morgan fingerprint density at radius 2 is 1.97 bits per heavy atom. The molecule has 0 bridgehead atoms. The molecular weight excluding hydrogens is 458 g/mol. The number of benzene rings is 1. The molecule has 0 saturated carbocycles. The van der Waals surface area contributed by atoms with Gasteiger partial charge in [-0.15, -0.1) is 0 Å². The zero-order chi connectivity index (χ0) is 23.9. The van der Waals surface area contributed by atoms with Gasteiger partial charge in [0.15, 0.2) is 0 Å². The third kappa shape index (κ3) is 4.35. The molecule has 3 aromatic heterocycles. The fraction of sp³-hybridized carbons (Fsp3) is 0.320. The predicted octanol–water partition coefficient (Wildman–Crippen LogP) is 5.90. The molecule has 34 heavy (non-hydrogen) atoms. The summed E-state index contributed by atoms with van der Waals surface area (Å²) < 4.78 is 28.1. The lowest BCUT2D eigenvalue weighted by Gasteiger charge is -2.31. The Labute approximate surface area is 201 Å². The molecule has 2 N–H and O–H groups in total. The molecule has 6 nitrogen and oxygen atoms in total. The number of anilines is 1. The number of fused-ring (bicyclic) bond motifs is 1. The number of aromatic amines is 1. The van der Waals surface area contributed by atoms with E-state index in [1.165, 1.54) is 18.9 Å². The highest BCUT2D eigenvalue weighted by Crippen LogP contribution is 2.34. The first-order chi connectivity index (χ1) is 16.3. The fourth-order valence-corrected chi connectivity index (χ4v) is 4.72. The van der Waals surface area contributed by atoms with E-state index in [-0.39, 0.29) is 16.1 Å². The first-order valence-corrected chi connectivity index (χ1v) is 11.6. The molecule has 0 unspecified atom stereocenters. The molecule has 1 saturated heterocycles. The van der Waals surface area contributed by atoms with Crippen molar-refractivity contribution in [3.8, 4) is 22.5 Å². The lowest BCUT2D eigenvalue weighted by Crippen LogP contribution is -2.40. The highest BCUT2D eigenvalue weighted by atomic mass is 35.5. The van der Waals surface area contributed by atoms with Crippen LogP contribution in [0, 0.1) is 11.6 Å². The van der Waals surface area contributed by atoms with Crippen molar-refractivity contribution in [3.63, 3.8) is 0 Å². The Kier molecular flexibility index (Phi) is 5.95. The summed E-state index contributed by atoms with van der Waals surface area (Å²) in [5.74, 6) is -1.56. The summed E-state index contributed by atoms with van der Waals surface area (Å²) in [4.78, 5) is 11.8. The first-order valence-electron chi connectivity index (χ1n) is 11.3. The zero-order valence-corrected chi connectivity index (χ0v) is 19.8. The number of rotatable bonds is 6. The minimum absolute atomic E-state index is 0.0999. The molecule has 1 aromatic carbocycles. The molecule has 1 aliphatic heterocycles. The van der Waals surface area contributed by atoms with E-state index in [0.717, 1.165) is 36.9 Å². The van der Waals surface area contributed by atoms with E-state index >= 15 is 0 Å². The molecule has 5 rings (SSSR count). The summed E-state index contributed by atoms with van der Waals surface area (Å²) in [5.41, 5.74) is 4.16. The Bertz CT molecular complexity index is 1350. The zero-order valence-electron chi connectivity index (χ0n) is 19.0. The van der Waals surface area contributed by atoms with Gasteiger partial charge < -0.3 is 5.32 Å². The number of nitrogens with zero attached hydrogens (tertiary/aromatic N) is 4. The van der Waals surface area contributed by atoms with Gasteiger partial charge in [0, 0.05) is 42.0 Å². The molecule has 176 valence electrons. The van der Waals surface area contributed by atoms with Crippen LogP contribution in [0.2, 0.25) is 5.02 Å². The maximum Gasteiger partial charge on any atom is 0.144 e. The van der Waals surface area contributed by atoms with Crippen molar-refractivity contribution in [2.75, 3.05) is 25.0 Å². The lowest BCUT2D eigenvalue weighted by atomic mass is 10.0. The SMILES string of the molecule is CC1(C)CCCN1CCNc1cnc2ccc(-c3c[nH]nc3-c3cc(Cl)c(F)cc3F)nc2c1. The van der Waals surface area contributed by atoms with Gasteiger partial charge >= 0.3 is 0 Å². The van der Waals surface area contributed by atoms with Gasteiger partial charge in [0.2, 0.25) is 0 Å². The van der Waals surface area contributed by atoms with Gasteiger partial charge in [0.05, 0.1) is 33.6 Å². The molecule has 1 fully saturated rings. The average Bonchev–Trinajstić information content (AvgIpc) is 3.42. The van der Waals surface area contributed by atoms with Gasteiger partial charge in [0.1, 0.15) is 17.3 Å². The smallest absolute Gasteiger partial charge is 0.144 e. The van der Waals surface area contributed by atoms with E-state index in [4.69, 9.17) is 16.6 Å². The molecule has 9 heteroatoms. The number of pyridine rings is 2. The van der Waals surface area contributed by atoms with Crippen LogP contribution >= 0.6 is 11.6 Å². The van der Waals surface area contributed by atoms with Crippen LogP contribution < -0.4 is 5.32 Å². The predicted molar refractivity (Wildman–Crippen MR) is 131 cm³/mol. The van der Waals surface area contributed by atoms with Gasteiger partial charge in [0.25, 0.3) is 0 Å². The van der Waals surface area contributed by atoms with Crippen molar-refractivity contribution in [2.45, 2.75) is 32.2 Å². The Hall–Kier alpha value is -3.10. The van der Waals surface area contributed by atoms with Crippen LogP contribution in [0.25, 0.3) is 33.5 Å². The van der Waals surface area contributed by atoms with Gasteiger partial charge in [-0.05, 0) is 57.5 Å². The highest BCUT2D eigenvalue weighted by molar-refractivity contribution is 6.31. The number of aromatic nitrogens is 4. The maximum atomic E-state index is 14.5. The Morgan fingerprint density at radius 3 is 2.76 bits per heavy atom. The number of hydrogen-bond acceptors (Lipinski definition) is 5. The molecule has 0 radical (unpaired) electrons. The number of halogens is 3. The van der Waals surface area contributed by atoms with E-state index in [1.54, 1.807) is 18.5 Å². The van der Waals surface area contributed by atoms with E-state index in [2.05, 4.69) is 39.2 Å². The number of nitrogens with one attached hydrogen (secondary N) is 2. The van der Waals surface area contributed by atoms with E-state index in [1.807, 2.05) is 12.1 Å². The van der Waals surface area contributed by atoms with Crippen molar-refractivity contribution < 1.29 is 8.78 Å². The van der Waals surface area contributed by atoms with Gasteiger partial charge in [-0.3, -0.25) is 15.0 Å². The molecule has 1 aliphatic rings. The largest absolute Gasteiger partial charge is 0.382 e. The second-order valence-corrected chi connectivity index (χ2v) is 9.59. The summed E-state index contributed by atoms with van der Waals surface area (Å²) in [6.45, 7) is 7.48. The fourth-order valence-electron chi connectivity index (χ4n) is 4.56. The number of H-pyrrole nitrogens is 1. The Morgan fingerprint density at radius 1 is 1.12 bits per heavy atom. The Balaban J connectivity index is 1.40. The third-order valence-electron chi connectivity index (χ3n) is 6.50. The molecule has 0 atom stereocenters. The second kappa shape index (κ2) is 8.92. The average molecular weight is 483 g/mol. The highest BCUT2D eigenvalue weighted by Gasteiger charge is 2.31. The van der Waals surface area contributed by atoms with Crippen LogP contribution in [0.1, 0.15) is 26.7 Å². The summed E-state index contributed by atoms with van der Waals surface area (Å²) in [5, 5.41) is 10.2. The van der Waals surface area contributed by atoms with Crippen LogP contribution in [-0.4, -0.2) is 50.2 Å².